The maximum atomic E-state index is 12.8. The minimum Gasteiger partial charge on any atom is -0.376 e. The topological polar surface area (TPSA) is 29.5 Å². The Morgan fingerprint density at radius 3 is 2.96 bits per heavy atom. The monoisotopic (exact) mass is 363 g/mol. The molecule has 2 heterocycles. The molecule has 1 atom stereocenters. The van der Waals surface area contributed by atoms with Crippen LogP contribution in [0, 0.1) is 0 Å². The number of aryl methyl sites for hydroxylation is 1. The summed E-state index contributed by atoms with van der Waals surface area (Å²) in [6.45, 7) is 2.17. The van der Waals surface area contributed by atoms with Gasteiger partial charge in [0.15, 0.2) is 0 Å². The van der Waals surface area contributed by atoms with Gasteiger partial charge in [-0.2, -0.15) is 0 Å². The molecule has 1 unspecified atom stereocenters. The summed E-state index contributed by atoms with van der Waals surface area (Å²) in [4.78, 5) is 15.9. The van der Waals surface area contributed by atoms with Crippen LogP contribution in [0.5, 0.6) is 0 Å². The molecular weight excluding hydrogens is 342 g/mol. The van der Waals surface area contributed by atoms with Gasteiger partial charge in [-0.05, 0) is 48.4 Å². The maximum absolute atomic E-state index is 12.8. The number of benzene rings is 1. The lowest BCUT2D eigenvalue weighted by molar-refractivity contribution is -0.133. The molecule has 5 heteroatoms. The van der Waals surface area contributed by atoms with Crippen molar-refractivity contribution in [3.63, 3.8) is 0 Å². The number of hydrogen-bond donors (Lipinski definition) is 0. The fourth-order valence-electron chi connectivity index (χ4n) is 2.98. The Morgan fingerprint density at radius 1 is 1.33 bits per heavy atom. The fraction of sp³-hybridized carbons (Fsp3) is 0.421. The van der Waals surface area contributed by atoms with Gasteiger partial charge in [0.25, 0.3) is 0 Å². The van der Waals surface area contributed by atoms with Crippen LogP contribution >= 0.6 is 22.9 Å². The first kappa shape index (κ1) is 17.5. The second-order valence-corrected chi connectivity index (χ2v) is 7.59. The molecule has 1 amide bonds. The number of carbonyl (C=O) groups is 1. The van der Waals surface area contributed by atoms with E-state index in [4.69, 9.17) is 16.3 Å². The van der Waals surface area contributed by atoms with Gasteiger partial charge in [0.05, 0.1) is 12.6 Å². The van der Waals surface area contributed by atoms with E-state index in [-0.39, 0.29) is 12.0 Å². The number of carbonyl (C=O) groups excluding carboxylic acids is 1. The summed E-state index contributed by atoms with van der Waals surface area (Å²) in [5, 5.41) is 2.77. The summed E-state index contributed by atoms with van der Waals surface area (Å²) in [6.07, 6.45) is 3.53. The zero-order valence-electron chi connectivity index (χ0n) is 13.6. The lowest BCUT2D eigenvalue weighted by Crippen LogP contribution is -2.36. The standard InChI is InChI=1S/C19H22ClNO2S/c20-16-5-1-4-15(12-16)8-9-19(22)21(13-17-6-2-10-23-17)14-18-7-3-11-24-18/h1,3-5,7,11-12,17H,2,6,8-10,13-14H2. The summed E-state index contributed by atoms with van der Waals surface area (Å²) in [5.74, 6) is 0.180. The van der Waals surface area contributed by atoms with Crippen LogP contribution in [0.4, 0.5) is 0 Å². The van der Waals surface area contributed by atoms with Crippen molar-refractivity contribution in [2.45, 2.75) is 38.3 Å². The number of thiophene rings is 1. The van der Waals surface area contributed by atoms with Crippen LogP contribution in [-0.4, -0.2) is 30.1 Å². The Hall–Kier alpha value is -1.36. The highest BCUT2D eigenvalue weighted by Crippen LogP contribution is 2.19. The average Bonchev–Trinajstić information content (AvgIpc) is 3.26. The molecular formula is C19H22ClNO2S. The third kappa shape index (κ3) is 5.07. The molecule has 0 radical (unpaired) electrons. The second kappa shape index (κ2) is 8.65. The quantitative estimate of drug-likeness (QED) is 0.722. The van der Waals surface area contributed by atoms with Crippen molar-refractivity contribution in [3.05, 3.63) is 57.2 Å². The number of nitrogens with zero attached hydrogens (tertiary/aromatic N) is 1. The van der Waals surface area contributed by atoms with Gasteiger partial charge >= 0.3 is 0 Å². The molecule has 1 saturated heterocycles. The molecule has 0 N–H and O–H groups in total. The van der Waals surface area contributed by atoms with E-state index < -0.39 is 0 Å². The first-order chi connectivity index (χ1) is 11.7. The lowest BCUT2D eigenvalue weighted by Gasteiger charge is -2.25. The van der Waals surface area contributed by atoms with E-state index in [0.717, 1.165) is 30.0 Å². The molecule has 1 aliphatic heterocycles. The molecule has 3 rings (SSSR count). The molecule has 1 fully saturated rings. The second-order valence-electron chi connectivity index (χ2n) is 6.12. The number of ether oxygens (including phenoxy) is 1. The molecule has 0 aliphatic carbocycles. The van der Waals surface area contributed by atoms with Gasteiger partial charge in [-0.15, -0.1) is 11.3 Å². The molecule has 0 bridgehead atoms. The molecule has 128 valence electrons. The van der Waals surface area contributed by atoms with Crippen LogP contribution < -0.4 is 0 Å². The molecule has 2 aromatic rings. The summed E-state index contributed by atoms with van der Waals surface area (Å²) >= 11 is 7.71. The van der Waals surface area contributed by atoms with Gasteiger partial charge in [-0.1, -0.05) is 29.8 Å². The van der Waals surface area contributed by atoms with Crippen molar-refractivity contribution < 1.29 is 9.53 Å². The summed E-state index contributed by atoms with van der Waals surface area (Å²) in [6, 6.07) is 11.8. The van der Waals surface area contributed by atoms with E-state index in [1.54, 1.807) is 11.3 Å². The third-order valence-electron chi connectivity index (χ3n) is 4.24. The number of rotatable bonds is 7. The van der Waals surface area contributed by atoms with Crippen LogP contribution in [0.25, 0.3) is 0 Å². The smallest absolute Gasteiger partial charge is 0.223 e. The van der Waals surface area contributed by atoms with Crippen molar-refractivity contribution >= 4 is 28.8 Å². The predicted molar refractivity (Wildman–Crippen MR) is 98.5 cm³/mol. The minimum atomic E-state index is 0.180. The molecule has 3 nitrogen and oxygen atoms in total. The zero-order chi connectivity index (χ0) is 16.8. The van der Waals surface area contributed by atoms with Crippen LogP contribution in [0.3, 0.4) is 0 Å². The average molecular weight is 364 g/mol. The summed E-state index contributed by atoms with van der Waals surface area (Å²) < 4.78 is 5.72. The van der Waals surface area contributed by atoms with E-state index in [0.29, 0.717) is 25.9 Å². The predicted octanol–water partition coefficient (Wildman–Crippen LogP) is 4.54. The van der Waals surface area contributed by atoms with E-state index in [9.17, 15) is 4.79 Å². The van der Waals surface area contributed by atoms with Gasteiger partial charge in [0.2, 0.25) is 5.91 Å². The summed E-state index contributed by atoms with van der Waals surface area (Å²) in [5.41, 5.74) is 1.10. The third-order valence-corrected chi connectivity index (χ3v) is 5.34. The van der Waals surface area contributed by atoms with Crippen molar-refractivity contribution in [2.24, 2.45) is 0 Å². The van der Waals surface area contributed by atoms with Gasteiger partial charge in [0, 0.05) is 29.5 Å². The Morgan fingerprint density at radius 2 is 2.25 bits per heavy atom. The molecule has 1 aromatic carbocycles. The van der Waals surface area contributed by atoms with Crippen molar-refractivity contribution in [2.75, 3.05) is 13.2 Å². The van der Waals surface area contributed by atoms with Crippen molar-refractivity contribution in [1.29, 1.82) is 0 Å². The molecule has 0 saturated carbocycles. The highest BCUT2D eigenvalue weighted by Gasteiger charge is 2.22. The molecule has 1 aromatic heterocycles. The lowest BCUT2D eigenvalue weighted by atomic mass is 10.1. The zero-order valence-corrected chi connectivity index (χ0v) is 15.2. The van der Waals surface area contributed by atoms with Gasteiger partial charge in [-0.25, -0.2) is 0 Å². The highest BCUT2D eigenvalue weighted by molar-refractivity contribution is 7.09. The van der Waals surface area contributed by atoms with E-state index in [1.165, 1.54) is 4.88 Å². The minimum absolute atomic E-state index is 0.180. The normalized spacial score (nSPS) is 17.1. The summed E-state index contributed by atoms with van der Waals surface area (Å²) in [7, 11) is 0. The van der Waals surface area contributed by atoms with Gasteiger partial charge < -0.3 is 9.64 Å². The van der Waals surface area contributed by atoms with Crippen molar-refractivity contribution in [1.82, 2.24) is 4.90 Å². The Labute approximate surface area is 152 Å². The first-order valence-electron chi connectivity index (χ1n) is 8.37. The van der Waals surface area contributed by atoms with Crippen LogP contribution in [0.2, 0.25) is 5.02 Å². The number of halogens is 1. The number of hydrogen-bond acceptors (Lipinski definition) is 3. The van der Waals surface area contributed by atoms with E-state index >= 15 is 0 Å². The molecule has 24 heavy (non-hydrogen) atoms. The highest BCUT2D eigenvalue weighted by atomic mass is 35.5. The van der Waals surface area contributed by atoms with Gasteiger partial charge in [-0.3, -0.25) is 4.79 Å². The SMILES string of the molecule is O=C(CCc1cccc(Cl)c1)N(Cc1cccs1)CC1CCCO1. The Kier molecular flexibility index (Phi) is 6.30. The largest absolute Gasteiger partial charge is 0.376 e. The molecule has 1 aliphatic rings. The number of amides is 1. The first-order valence-corrected chi connectivity index (χ1v) is 9.62. The Bertz CT molecular complexity index is 653. The van der Waals surface area contributed by atoms with Crippen LogP contribution in [-0.2, 0) is 22.5 Å². The van der Waals surface area contributed by atoms with Crippen LogP contribution in [0.15, 0.2) is 41.8 Å². The fourth-order valence-corrected chi connectivity index (χ4v) is 3.91. The molecule has 0 spiro atoms. The van der Waals surface area contributed by atoms with Gasteiger partial charge in [0.1, 0.15) is 0 Å². The van der Waals surface area contributed by atoms with E-state index in [1.807, 2.05) is 35.2 Å². The van der Waals surface area contributed by atoms with Crippen LogP contribution in [0.1, 0.15) is 29.7 Å². The van der Waals surface area contributed by atoms with E-state index in [2.05, 4.69) is 11.4 Å². The Balaban J connectivity index is 1.60. The maximum Gasteiger partial charge on any atom is 0.223 e. The van der Waals surface area contributed by atoms with Crippen molar-refractivity contribution in [3.8, 4) is 0 Å².